The average Bonchev–Trinajstić information content (AvgIpc) is 3.80. The fourth-order valence-corrected chi connectivity index (χ4v) is 9.77. The largest absolute Gasteiger partial charge is 0.309 e. The zero-order valence-corrected chi connectivity index (χ0v) is 29.2. The van der Waals surface area contributed by atoms with Crippen LogP contribution in [0.3, 0.4) is 0 Å². The summed E-state index contributed by atoms with van der Waals surface area (Å²) < 4.78 is 2.48. The molecule has 1 heteroatoms. The summed E-state index contributed by atoms with van der Waals surface area (Å²) in [4.78, 5) is 0. The number of hydrogen-bond donors (Lipinski definition) is 0. The molecule has 244 valence electrons. The van der Waals surface area contributed by atoms with Gasteiger partial charge >= 0.3 is 0 Å². The molecule has 11 rings (SSSR count). The van der Waals surface area contributed by atoms with E-state index in [9.17, 15) is 0 Å². The minimum atomic E-state index is -0.377. The van der Waals surface area contributed by atoms with Crippen molar-refractivity contribution >= 4 is 38.7 Å². The molecule has 0 atom stereocenters. The SMILES string of the molecule is C/C=C\c1cc(-c2ccc3c(c2)c2ccccc2n3-c2ccc3c(c2)C2(c4ccccc4-c4ccccc42)c2ccccc2-3)c2ccccc2c1C. The van der Waals surface area contributed by atoms with E-state index in [0.29, 0.717) is 0 Å². The molecule has 0 saturated carbocycles. The van der Waals surface area contributed by atoms with Crippen molar-refractivity contribution in [3.8, 4) is 39.1 Å². The molecule has 2 aliphatic carbocycles. The first kappa shape index (κ1) is 29.3. The topological polar surface area (TPSA) is 4.93 Å². The van der Waals surface area contributed by atoms with E-state index in [0.717, 1.165) is 0 Å². The van der Waals surface area contributed by atoms with Crippen LogP contribution in [0.15, 0.2) is 170 Å². The molecule has 0 saturated heterocycles. The number of nitrogens with zero attached hydrogens (tertiary/aromatic N) is 1. The molecule has 0 aliphatic heterocycles. The summed E-state index contributed by atoms with van der Waals surface area (Å²) in [6.07, 6.45) is 4.37. The Morgan fingerprint density at radius 2 is 1.00 bits per heavy atom. The summed E-state index contributed by atoms with van der Waals surface area (Å²) in [7, 11) is 0. The molecule has 52 heavy (non-hydrogen) atoms. The van der Waals surface area contributed by atoms with Gasteiger partial charge < -0.3 is 4.57 Å². The molecule has 0 N–H and O–H groups in total. The second kappa shape index (κ2) is 10.8. The van der Waals surface area contributed by atoms with Crippen molar-refractivity contribution in [1.82, 2.24) is 4.57 Å². The van der Waals surface area contributed by atoms with Crippen LogP contribution in [-0.4, -0.2) is 4.57 Å². The lowest BCUT2D eigenvalue weighted by Crippen LogP contribution is -2.26. The van der Waals surface area contributed by atoms with Gasteiger partial charge in [-0.2, -0.15) is 0 Å². The number of hydrogen-bond acceptors (Lipinski definition) is 0. The van der Waals surface area contributed by atoms with E-state index in [1.165, 1.54) is 105 Å². The molecule has 8 aromatic carbocycles. The van der Waals surface area contributed by atoms with Gasteiger partial charge in [0.1, 0.15) is 0 Å². The van der Waals surface area contributed by atoms with Gasteiger partial charge in [-0.15, -0.1) is 0 Å². The number of aromatic nitrogens is 1. The van der Waals surface area contributed by atoms with Gasteiger partial charge in [0.25, 0.3) is 0 Å². The lowest BCUT2D eigenvalue weighted by molar-refractivity contribution is 0.792. The van der Waals surface area contributed by atoms with Gasteiger partial charge in [0.2, 0.25) is 0 Å². The van der Waals surface area contributed by atoms with Crippen LogP contribution in [0.2, 0.25) is 0 Å². The van der Waals surface area contributed by atoms with Gasteiger partial charge in [0.05, 0.1) is 16.4 Å². The molecule has 2 aliphatic rings. The van der Waals surface area contributed by atoms with Gasteiger partial charge in [0, 0.05) is 16.5 Å². The van der Waals surface area contributed by atoms with E-state index in [2.05, 4.69) is 194 Å². The molecule has 0 amide bonds. The highest BCUT2D eigenvalue weighted by Crippen LogP contribution is 2.63. The maximum Gasteiger partial charge on any atom is 0.0726 e. The minimum Gasteiger partial charge on any atom is -0.309 e. The van der Waals surface area contributed by atoms with Crippen LogP contribution in [0.1, 0.15) is 40.3 Å². The normalized spacial score (nSPS) is 13.7. The minimum absolute atomic E-state index is 0.377. The highest BCUT2D eigenvalue weighted by Gasteiger charge is 2.51. The third-order valence-electron chi connectivity index (χ3n) is 11.9. The predicted octanol–water partition coefficient (Wildman–Crippen LogP) is 13.3. The Balaban J connectivity index is 1.18. The van der Waals surface area contributed by atoms with Crippen LogP contribution in [0, 0.1) is 6.92 Å². The van der Waals surface area contributed by atoms with Crippen LogP contribution in [-0.2, 0) is 5.41 Å². The van der Waals surface area contributed by atoms with E-state index in [-0.39, 0.29) is 5.41 Å². The van der Waals surface area contributed by atoms with E-state index < -0.39 is 0 Å². The summed E-state index contributed by atoms with van der Waals surface area (Å²) in [5, 5.41) is 5.12. The molecule has 0 radical (unpaired) electrons. The number of allylic oxidation sites excluding steroid dienone is 1. The first-order valence-electron chi connectivity index (χ1n) is 18.3. The van der Waals surface area contributed by atoms with Gasteiger partial charge in [-0.3, -0.25) is 0 Å². The number of aryl methyl sites for hydroxylation is 1. The van der Waals surface area contributed by atoms with E-state index >= 15 is 0 Å². The van der Waals surface area contributed by atoms with E-state index in [1.54, 1.807) is 0 Å². The second-order valence-electron chi connectivity index (χ2n) is 14.4. The fraction of sp³-hybridized carbons (Fsp3) is 0.0588. The molecular formula is C51H35N. The maximum absolute atomic E-state index is 2.49. The predicted molar refractivity (Wildman–Crippen MR) is 219 cm³/mol. The Morgan fingerprint density at radius 1 is 0.442 bits per heavy atom. The highest BCUT2D eigenvalue weighted by molar-refractivity contribution is 6.12. The summed E-state index contributed by atoms with van der Waals surface area (Å²) in [5.74, 6) is 0. The lowest BCUT2D eigenvalue weighted by Gasteiger charge is -2.30. The van der Waals surface area contributed by atoms with Crippen molar-refractivity contribution in [2.24, 2.45) is 0 Å². The molecule has 9 aromatic rings. The van der Waals surface area contributed by atoms with Crippen molar-refractivity contribution in [3.63, 3.8) is 0 Å². The van der Waals surface area contributed by atoms with Gasteiger partial charge in [-0.05, 0) is 128 Å². The quantitative estimate of drug-likeness (QED) is 0.178. The van der Waals surface area contributed by atoms with Crippen molar-refractivity contribution < 1.29 is 0 Å². The second-order valence-corrected chi connectivity index (χ2v) is 14.4. The molecule has 1 heterocycles. The number of rotatable bonds is 3. The smallest absolute Gasteiger partial charge is 0.0726 e. The number of fused-ring (bicyclic) bond motifs is 14. The Kier molecular flexibility index (Phi) is 6.08. The molecule has 1 aromatic heterocycles. The molecule has 0 bridgehead atoms. The first-order valence-corrected chi connectivity index (χ1v) is 18.3. The first-order chi connectivity index (χ1) is 25.7. The summed E-state index contributed by atoms with van der Waals surface area (Å²) in [6.45, 7) is 4.33. The number of para-hydroxylation sites is 1. The van der Waals surface area contributed by atoms with Crippen LogP contribution in [0.4, 0.5) is 0 Å². The maximum atomic E-state index is 2.49. The molecule has 0 fully saturated rings. The average molecular weight is 662 g/mol. The van der Waals surface area contributed by atoms with E-state index in [1.807, 2.05) is 0 Å². The van der Waals surface area contributed by atoms with Crippen LogP contribution in [0.5, 0.6) is 0 Å². The van der Waals surface area contributed by atoms with Crippen molar-refractivity contribution in [2.45, 2.75) is 19.3 Å². The summed E-state index contributed by atoms with van der Waals surface area (Å²) in [6, 6.07) is 61.5. The monoisotopic (exact) mass is 661 g/mol. The zero-order chi connectivity index (χ0) is 34.6. The van der Waals surface area contributed by atoms with E-state index in [4.69, 9.17) is 0 Å². The van der Waals surface area contributed by atoms with Crippen molar-refractivity contribution in [1.29, 1.82) is 0 Å². The Bertz CT molecular complexity index is 2920. The Labute approximate surface area is 303 Å². The van der Waals surface area contributed by atoms with Gasteiger partial charge in [-0.25, -0.2) is 0 Å². The van der Waals surface area contributed by atoms with Gasteiger partial charge in [-0.1, -0.05) is 140 Å². The fourth-order valence-electron chi connectivity index (χ4n) is 9.77. The third-order valence-corrected chi connectivity index (χ3v) is 11.9. The highest BCUT2D eigenvalue weighted by atomic mass is 15.0. The standard InChI is InChI=1S/C51H35N/c1-3-14-33-29-43(37-16-5-4-15-36(37)32(33)2)34-25-28-50-44(30-34)42-20-9-13-24-49(42)52(50)35-26-27-41-40-19-8-12-23-47(40)51(48(41)31-35)45-21-10-6-17-38(45)39-18-7-11-22-46(39)51/h3-31H,1-2H3/b14-3-. The zero-order valence-electron chi connectivity index (χ0n) is 29.2. The molecule has 0 unspecified atom stereocenters. The summed E-state index contributed by atoms with van der Waals surface area (Å²) >= 11 is 0. The molecule has 1 spiro atoms. The van der Waals surface area contributed by atoms with Crippen LogP contribution >= 0.6 is 0 Å². The summed E-state index contributed by atoms with van der Waals surface area (Å²) in [5.41, 5.74) is 19.1. The van der Waals surface area contributed by atoms with Crippen LogP contribution < -0.4 is 0 Å². The molecular weight excluding hydrogens is 627 g/mol. The van der Waals surface area contributed by atoms with Crippen molar-refractivity contribution in [3.05, 3.63) is 203 Å². The Morgan fingerprint density at radius 3 is 1.67 bits per heavy atom. The molecule has 1 nitrogen and oxygen atoms in total. The Hall–Kier alpha value is -6.44. The lowest BCUT2D eigenvalue weighted by atomic mass is 9.70. The van der Waals surface area contributed by atoms with Crippen LogP contribution in [0.25, 0.3) is 77.7 Å². The van der Waals surface area contributed by atoms with Gasteiger partial charge in [0.15, 0.2) is 0 Å². The third kappa shape index (κ3) is 3.72. The number of benzene rings is 8. The van der Waals surface area contributed by atoms with Crippen molar-refractivity contribution in [2.75, 3.05) is 0 Å².